The second kappa shape index (κ2) is 6.18. The molecule has 0 amide bonds. The van der Waals surface area contributed by atoms with E-state index in [0.717, 1.165) is 22.6 Å². The maximum atomic E-state index is 5.55. The van der Waals surface area contributed by atoms with Gasteiger partial charge in [-0.1, -0.05) is 35.0 Å². The fourth-order valence-corrected chi connectivity index (χ4v) is 3.07. The zero-order chi connectivity index (χ0) is 17.4. The number of aryl methyl sites for hydroxylation is 1. The van der Waals surface area contributed by atoms with E-state index in [2.05, 4.69) is 20.8 Å². The Morgan fingerprint density at radius 2 is 1.92 bits per heavy atom. The van der Waals surface area contributed by atoms with E-state index in [-0.39, 0.29) is 6.04 Å². The number of nitrogens with one attached hydrogen (secondary N) is 2. The number of benzene rings is 1. The van der Waals surface area contributed by atoms with Gasteiger partial charge in [-0.25, -0.2) is 0 Å². The van der Waals surface area contributed by atoms with Crippen LogP contribution in [0.25, 0.3) is 17.0 Å². The number of furan rings is 1. The van der Waals surface area contributed by atoms with Gasteiger partial charge in [-0.3, -0.25) is 0 Å². The van der Waals surface area contributed by atoms with Gasteiger partial charge in [0.2, 0.25) is 5.82 Å². The first-order valence-corrected chi connectivity index (χ1v) is 8.25. The molecule has 2 N–H and O–H groups in total. The van der Waals surface area contributed by atoms with Crippen molar-refractivity contribution in [2.75, 3.05) is 0 Å². The van der Waals surface area contributed by atoms with E-state index in [9.17, 15) is 0 Å². The maximum absolute atomic E-state index is 5.55. The van der Waals surface area contributed by atoms with Crippen LogP contribution in [0.5, 0.6) is 0 Å². The largest absolute Gasteiger partial charge is 0.467 e. The SMILES string of the molecule is CC1=C(c2nc(-c3ccc(C)cc3)no2)[C@@H](c2ccco2)NC(=S)N1. The zero-order valence-corrected chi connectivity index (χ0v) is 14.6. The summed E-state index contributed by atoms with van der Waals surface area (Å²) in [6.07, 6.45) is 1.63. The summed E-state index contributed by atoms with van der Waals surface area (Å²) < 4.78 is 11.1. The normalized spacial score (nSPS) is 17.4. The molecule has 3 heterocycles. The minimum atomic E-state index is -0.282. The van der Waals surface area contributed by atoms with Crippen molar-refractivity contribution in [3.8, 4) is 11.4 Å². The average Bonchev–Trinajstić information content (AvgIpc) is 3.26. The van der Waals surface area contributed by atoms with Crippen LogP contribution >= 0.6 is 12.2 Å². The molecule has 3 aromatic rings. The van der Waals surface area contributed by atoms with Crippen LogP contribution in [-0.2, 0) is 0 Å². The Morgan fingerprint density at radius 1 is 1.12 bits per heavy atom. The highest BCUT2D eigenvalue weighted by Crippen LogP contribution is 2.34. The van der Waals surface area contributed by atoms with E-state index >= 15 is 0 Å². The Hall–Kier alpha value is -2.93. The van der Waals surface area contributed by atoms with Crippen LogP contribution in [0, 0.1) is 6.92 Å². The van der Waals surface area contributed by atoms with Crippen molar-refractivity contribution in [1.29, 1.82) is 0 Å². The van der Waals surface area contributed by atoms with Gasteiger partial charge in [-0.15, -0.1) is 0 Å². The number of allylic oxidation sites excluding steroid dienone is 1. The molecule has 2 aromatic heterocycles. The van der Waals surface area contributed by atoms with Crippen molar-refractivity contribution in [3.63, 3.8) is 0 Å². The number of hydrogen-bond acceptors (Lipinski definition) is 5. The van der Waals surface area contributed by atoms with Gasteiger partial charge in [0.05, 0.1) is 11.8 Å². The number of thiocarbonyl (C=S) groups is 1. The molecule has 0 saturated heterocycles. The lowest BCUT2D eigenvalue weighted by molar-refractivity contribution is 0.399. The van der Waals surface area contributed by atoms with Crippen LogP contribution < -0.4 is 10.6 Å². The lowest BCUT2D eigenvalue weighted by atomic mass is 10.0. The molecule has 0 bridgehead atoms. The van der Waals surface area contributed by atoms with Crippen LogP contribution in [0.1, 0.15) is 30.2 Å². The molecule has 0 unspecified atom stereocenters. The summed E-state index contributed by atoms with van der Waals surface area (Å²) in [6.45, 7) is 3.96. The predicted molar refractivity (Wildman–Crippen MR) is 97.4 cm³/mol. The van der Waals surface area contributed by atoms with Gasteiger partial charge < -0.3 is 19.6 Å². The van der Waals surface area contributed by atoms with Crippen LogP contribution in [0.3, 0.4) is 0 Å². The standard InChI is InChI=1S/C18H16N4O2S/c1-10-5-7-12(8-6-10)16-21-17(24-22-16)14-11(2)19-18(25)20-15(14)13-4-3-9-23-13/h3-9,15H,1-2H3,(H2,19,20,25)/t15-/m1/s1. The molecule has 0 radical (unpaired) electrons. The highest BCUT2D eigenvalue weighted by Gasteiger charge is 2.31. The fraction of sp³-hybridized carbons (Fsp3) is 0.167. The van der Waals surface area contributed by atoms with Crippen molar-refractivity contribution < 1.29 is 8.94 Å². The van der Waals surface area contributed by atoms with Crippen molar-refractivity contribution in [1.82, 2.24) is 20.8 Å². The smallest absolute Gasteiger partial charge is 0.258 e. The molecule has 1 atom stereocenters. The van der Waals surface area contributed by atoms with E-state index in [1.165, 1.54) is 5.56 Å². The minimum Gasteiger partial charge on any atom is -0.467 e. The topological polar surface area (TPSA) is 76.1 Å². The van der Waals surface area contributed by atoms with Crippen LogP contribution in [0.2, 0.25) is 0 Å². The Balaban J connectivity index is 1.75. The van der Waals surface area contributed by atoms with Crippen LogP contribution in [0.4, 0.5) is 0 Å². The van der Waals surface area contributed by atoms with E-state index in [1.54, 1.807) is 6.26 Å². The Labute approximate surface area is 149 Å². The monoisotopic (exact) mass is 352 g/mol. The lowest BCUT2D eigenvalue weighted by Gasteiger charge is -2.27. The van der Waals surface area contributed by atoms with Gasteiger partial charge >= 0.3 is 0 Å². The molecule has 25 heavy (non-hydrogen) atoms. The molecule has 0 spiro atoms. The first kappa shape index (κ1) is 15.6. The summed E-state index contributed by atoms with van der Waals surface area (Å²) in [5.74, 6) is 1.70. The van der Waals surface area contributed by atoms with Crippen molar-refractivity contribution >= 4 is 22.9 Å². The molecule has 0 fully saturated rings. The second-order valence-electron chi connectivity index (χ2n) is 5.87. The van der Waals surface area contributed by atoms with Gasteiger partial charge in [0.1, 0.15) is 11.8 Å². The van der Waals surface area contributed by atoms with E-state index < -0.39 is 0 Å². The zero-order valence-electron chi connectivity index (χ0n) is 13.7. The first-order valence-electron chi connectivity index (χ1n) is 7.84. The van der Waals surface area contributed by atoms with Crippen LogP contribution in [-0.4, -0.2) is 15.3 Å². The summed E-state index contributed by atoms with van der Waals surface area (Å²) in [5.41, 5.74) is 3.75. The van der Waals surface area contributed by atoms with Crippen LogP contribution in [0.15, 0.2) is 57.3 Å². The van der Waals surface area contributed by atoms with Gasteiger partial charge in [0, 0.05) is 11.3 Å². The summed E-state index contributed by atoms with van der Waals surface area (Å²) in [4.78, 5) is 4.57. The molecule has 0 aliphatic carbocycles. The van der Waals surface area contributed by atoms with Crippen molar-refractivity contribution in [3.05, 3.63) is 65.6 Å². The number of nitrogens with zero attached hydrogens (tertiary/aromatic N) is 2. The molecular formula is C18H16N4O2S. The van der Waals surface area contributed by atoms with Crippen molar-refractivity contribution in [2.45, 2.75) is 19.9 Å². The number of rotatable bonds is 3. The van der Waals surface area contributed by atoms with Gasteiger partial charge in [0.15, 0.2) is 5.11 Å². The van der Waals surface area contributed by atoms with E-state index in [4.69, 9.17) is 21.2 Å². The summed E-state index contributed by atoms with van der Waals surface area (Å²) in [5, 5.41) is 11.0. The number of hydrogen-bond donors (Lipinski definition) is 2. The highest BCUT2D eigenvalue weighted by molar-refractivity contribution is 7.80. The van der Waals surface area contributed by atoms with E-state index in [0.29, 0.717) is 16.8 Å². The molecular weight excluding hydrogens is 336 g/mol. The molecule has 6 nitrogen and oxygen atoms in total. The lowest BCUT2D eigenvalue weighted by Crippen LogP contribution is -2.42. The Morgan fingerprint density at radius 3 is 2.64 bits per heavy atom. The highest BCUT2D eigenvalue weighted by atomic mass is 32.1. The molecule has 1 aliphatic rings. The number of aromatic nitrogens is 2. The molecule has 1 aliphatic heterocycles. The minimum absolute atomic E-state index is 0.282. The third-order valence-electron chi connectivity index (χ3n) is 4.06. The van der Waals surface area contributed by atoms with Crippen molar-refractivity contribution in [2.24, 2.45) is 0 Å². The summed E-state index contributed by atoms with van der Waals surface area (Å²) in [6, 6.07) is 11.4. The molecule has 4 rings (SSSR count). The third kappa shape index (κ3) is 2.94. The fourth-order valence-electron chi connectivity index (χ4n) is 2.80. The molecule has 126 valence electrons. The summed E-state index contributed by atoms with van der Waals surface area (Å²) >= 11 is 5.27. The Bertz CT molecular complexity index is 942. The average molecular weight is 352 g/mol. The van der Waals surface area contributed by atoms with Gasteiger partial charge in [0.25, 0.3) is 5.89 Å². The van der Waals surface area contributed by atoms with E-state index in [1.807, 2.05) is 50.2 Å². The molecule has 0 saturated carbocycles. The maximum Gasteiger partial charge on any atom is 0.258 e. The third-order valence-corrected chi connectivity index (χ3v) is 4.28. The van der Waals surface area contributed by atoms with Gasteiger partial charge in [-0.2, -0.15) is 4.98 Å². The Kier molecular flexibility index (Phi) is 3.85. The molecule has 7 heteroatoms. The summed E-state index contributed by atoms with van der Waals surface area (Å²) in [7, 11) is 0. The quantitative estimate of drug-likeness (QED) is 0.698. The first-order chi connectivity index (χ1) is 12.1. The van der Waals surface area contributed by atoms with Gasteiger partial charge in [-0.05, 0) is 38.2 Å². The predicted octanol–water partition coefficient (Wildman–Crippen LogP) is 3.59. The second-order valence-corrected chi connectivity index (χ2v) is 6.28. The molecule has 1 aromatic carbocycles.